The van der Waals surface area contributed by atoms with Gasteiger partial charge in [0.1, 0.15) is 0 Å². The van der Waals surface area contributed by atoms with Crippen LogP contribution in [0.2, 0.25) is 0 Å². The number of hydrogen-bond donors (Lipinski definition) is 1. The van der Waals surface area contributed by atoms with Crippen LogP contribution in [-0.2, 0) is 11.2 Å². The van der Waals surface area contributed by atoms with Crippen molar-refractivity contribution in [2.24, 2.45) is 11.8 Å². The molecule has 1 aromatic rings. The average Bonchev–Trinajstić information content (AvgIpc) is 2.54. The SMILES string of the molecule is O=C(N[C@@H]1CCCc2ccccc21)[C@@H]1CCC[C@@H](C(F)(F)F)C1. The van der Waals surface area contributed by atoms with Gasteiger partial charge in [-0.25, -0.2) is 0 Å². The first-order valence-corrected chi connectivity index (χ1v) is 8.40. The van der Waals surface area contributed by atoms with Crippen molar-refractivity contribution in [3.05, 3.63) is 35.4 Å². The van der Waals surface area contributed by atoms with Crippen molar-refractivity contribution in [1.29, 1.82) is 0 Å². The van der Waals surface area contributed by atoms with E-state index in [1.807, 2.05) is 18.2 Å². The van der Waals surface area contributed by atoms with E-state index in [-0.39, 0.29) is 24.8 Å². The molecule has 3 atom stereocenters. The largest absolute Gasteiger partial charge is 0.391 e. The fourth-order valence-electron chi connectivity index (χ4n) is 3.92. The molecule has 0 aromatic heterocycles. The normalized spacial score (nSPS) is 28.0. The lowest BCUT2D eigenvalue weighted by Gasteiger charge is -2.32. The summed E-state index contributed by atoms with van der Waals surface area (Å²) in [7, 11) is 0. The summed E-state index contributed by atoms with van der Waals surface area (Å²) in [6.45, 7) is 0. The second kappa shape index (κ2) is 6.54. The highest BCUT2D eigenvalue weighted by Gasteiger charge is 2.43. The fourth-order valence-corrected chi connectivity index (χ4v) is 3.92. The lowest BCUT2D eigenvalue weighted by Crippen LogP contribution is -2.39. The van der Waals surface area contributed by atoms with Crippen LogP contribution in [0.15, 0.2) is 24.3 Å². The van der Waals surface area contributed by atoms with E-state index < -0.39 is 18.0 Å². The number of halogens is 3. The van der Waals surface area contributed by atoms with Gasteiger partial charge in [-0.1, -0.05) is 30.7 Å². The minimum Gasteiger partial charge on any atom is -0.349 e. The highest BCUT2D eigenvalue weighted by atomic mass is 19.4. The van der Waals surface area contributed by atoms with Gasteiger partial charge >= 0.3 is 6.18 Å². The van der Waals surface area contributed by atoms with Gasteiger partial charge in [0.15, 0.2) is 0 Å². The fraction of sp³-hybridized carbons (Fsp3) is 0.611. The highest BCUT2D eigenvalue weighted by Crippen LogP contribution is 2.40. The minimum absolute atomic E-state index is 0.0567. The van der Waals surface area contributed by atoms with E-state index in [1.165, 1.54) is 5.56 Å². The van der Waals surface area contributed by atoms with E-state index in [9.17, 15) is 18.0 Å². The van der Waals surface area contributed by atoms with Crippen LogP contribution in [0.3, 0.4) is 0 Å². The predicted molar refractivity (Wildman–Crippen MR) is 81.8 cm³/mol. The Hall–Kier alpha value is -1.52. The van der Waals surface area contributed by atoms with Crippen LogP contribution in [0.5, 0.6) is 0 Å². The molecule has 0 spiro atoms. The van der Waals surface area contributed by atoms with Crippen LogP contribution in [0.4, 0.5) is 13.2 Å². The van der Waals surface area contributed by atoms with Gasteiger partial charge < -0.3 is 5.32 Å². The van der Waals surface area contributed by atoms with Crippen LogP contribution in [0.1, 0.15) is 55.7 Å². The number of nitrogens with one attached hydrogen (secondary N) is 1. The molecular formula is C18H22F3NO. The van der Waals surface area contributed by atoms with Gasteiger partial charge in [-0.15, -0.1) is 0 Å². The van der Waals surface area contributed by atoms with Crippen molar-refractivity contribution in [2.75, 3.05) is 0 Å². The zero-order valence-electron chi connectivity index (χ0n) is 13.0. The number of alkyl halides is 3. The molecule has 2 nitrogen and oxygen atoms in total. The topological polar surface area (TPSA) is 29.1 Å². The Morgan fingerprint density at radius 1 is 1.09 bits per heavy atom. The van der Waals surface area contributed by atoms with Crippen molar-refractivity contribution in [3.63, 3.8) is 0 Å². The molecule has 0 unspecified atom stereocenters. The zero-order valence-corrected chi connectivity index (χ0v) is 13.0. The molecule has 5 heteroatoms. The maximum absolute atomic E-state index is 12.9. The first-order chi connectivity index (χ1) is 10.9. The van der Waals surface area contributed by atoms with E-state index >= 15 is 0 Å². The van der Waals surface area contributed by atoms with Crippen molar-refractivity contribution < 1.29 is 18.0 Å². The number of amides is 1. The van der Waals surface area contributed by atoms with Crippen LogP contribution < -0.4 is 5.32 Å². The van der Waals surface area contributed by atoms with Crippen molar-refractivity contribution in [2.45, 2.75) is 57.2 Å². The number of hydrogen-bond acceptors (Lipinski definition) is 1. The zero-order chi connectivity index (χ0) is 16.4. The number of rotatable bonds is 2. The summed E-state index contributed by atoms with van der Waals surface area (Å²) in [6, 6.07) is 7.95. The van der Waals surface area contributed by atoms with E-state index in [1.54, 1.807) is 0 Å². The molecular weight excluding hydrogens is 303 g/mol. The van der Waals surface area contributed by atoms with Gasteiger partial charge in [0.25, 0.3) is 0 Å². The number of benzene rings is 1. The Labute approximate surface area is 134 Å². The Morgan fingerprint density at radius 3 is 2.65 bits per heavy atom. The van der Waals surface area contributed by atoms with Crippen molar-refractivity contribution in [3.8, 4) is 0 Å². The third kappa shape index (κ3) is 3.70. The molecule has 2 aliphatic carbocycles. The van der Waals surface area contributed by atoms with Crippen LogP contribution in [0, 0.1) is 11.8 Å². The Balaban J connectivity index is 1.66. The van der Waals surface area contributed by atoms with E-state index in [0.717, 1.165) is 24.8 Å². The summed E-state index contributed by atoms with van der Waals surface area (Å²) in [6.07, 6.45) is -0.200. The molecule has 1 N–H and O–H groups in total. The second-order valence-corrected chi connectivity index (χ2v) is 6.75. The van der Waals surface area contributed by atoms with Gasteiger partial charge in [-0.2, -0.15) is 13.2 Å². The molecule has 1 aromatic carbocycles. The van der Waals surface area contributed by atoms with Crippen molar-refractivity contribution >= 4 is 5.91 Å². The van der Waals surface area contributed by atoms with Gasteiger partial charge in [0, 0.05) is 5.92 Å². The molecule has 1 saturated carbocycles. The summed E-state index contributed by atoms with van der Waals surface area (Å²) in [4.78, 5) is 12.5. The Morgan fingerprint density at radius 2 is 1.87 bits per heavy atom. The lowest BCUT2D eigenvalue weighted by atomic mass is 9.80. The summed E-state index contributed by atoms with van der Waals surface area (Å²) in [5.41, 5.74) is 2.36. The van der Waals surface area contributed by atoms with Crippen molar-refractivity contribution in [1.82, 2.24) is 5.32 Å². The quantitative estimate of drug-likeness (QED) is 0.849. The molecule has 3 rings (SSSR count). The molecule has 0 aliphatic heterocycles. The molecule has 1 amide bonds. The Bertz CT molecular complexity index is 570. The average molecular weight is 325 g/mol. The highest BCUT2D eigenvalue weighted by molar-refractivity contribution is 5.79. The smallest absolute Gasteiger partial charge is 0.349 e. The van der Waals surface area contributed by atoms with E-state index in [0.29, 0.717) is 12.8 Å². The lowest BCUT2D eigenvalue weighted by molar-refractivity contribution is -0.186. The summed E-state index contributed by atoms with van der Waals surface area (Å²) in [5, 5.41) is 3.01. The number of carbonyl (C=O) groups is 1. The maximum Gasteiger partial charge on any atom is 0.391 e. The second-order valence-electron chi connectivity index (χ2n) is 6.75. The first kappa shape index (κ1) is 16.3. The summed E-state index contributed by atoms with van der Waals surface area (Å²) >= 11 is 0. The van der Waals surface area contributed by atoms with E-state index in [2.05, 4.69) is 11.4 Å². The van der Waals surface area contributed by atoms with E-state index in [4.69, 9.17) is 0 Å². The number of aryl methyl sites for hydroxylation is 1. The maximum atomic E-state index is 12.9. The summed E-state index contributed by atoms with van der Waals surface area (Å²) in [5.74, 6) is -2.05. The molecule has 0 heterocycles. The predicted octanol–water partition coefficient (Wildman–Crippen LogP) is 4.55. The Kier molecular flexibility index (Phi) is 4.64. The third-order valence-electron chi connectivity index (χ3n) is 5.19. The molecule has 126 valence electrons. The summed E-state index contributed by atoms with van der Waals surface area (Å²) < 4.78 is 38.7. The molecule has 0 bridgehead atoms. The van der Waals surface area contributed by atoms with Crippen LogP contribution in [0.25, 0.3) is 0 Å². The molecule has 1 fully saturated rings. The molecule has 0 radical (unpaired) electrons. The van der Waals surface area contributed by atoms with Crippen LogP contribution in [-0.4, -0.2) is 12.1 Å². The minimum atomic E-state index is -4.18. The first-order valence-electron chi connectivity index (χ1n) is 8.40. The number of fused-ring (bicyclic) bond motifs is 1. The van der Waals surface area contributed by atoms with Gasteiger partial charge in [-0.3, -0.25) is 4.79 Å². The monoisotopic (exact) mass is 325 g/mol. The molecule has 23 heavy (non-hydrogen) atoms. The van der Waals surface area contributed by atoms with Crippen LogP contribution >= 0.6 is 0 Å². The standard InChI is InChI=1S/C18H22F3NO/c19-18(20,21)14-8-3-7-13(11-14)17(23)22-16-10-4-6-12-5-1-2-9-15(12)16/h1-2,5,9,13-14,16H,3-4,6-8,10-11H2,(H,22,23)/t13-,14-,16-/m1/s1. The van der Waals surface area contributed by atoms with Gasteiger partial charge in [-0.05, 0) is 49.7 Å². The molecule has 0 saturated heterocycles. The molecule has 2 aliphatic rings. The number of carbonyl (C=O) groups excluding carboxylic acids is 1. The third-order valence-corrected chi connectivity index (χ3v) is 5.19. The van der Waals surface area contributed by atoms with Gasteiger partial charge in [0.2, 0.25) is 5.91 Å². The van der Waals surface area contributed by atoms with Gasteiger partial charge in [0.05, 0.1) is 12.0 Å².